The van der Waals surface area contributed by atoms with Crippen molar-refractivity contribution in [2.24, 2.45) is 0 Å². The summed E-state index contributed by atoms with van der Waals surface area (Å²) in [6, 6.07) is 10.4. The summed E-state index contributed by atoms with van der Waals surface area (Å²) < 4.78 is 1.94. The summed E-state index contributed by atoms with van der Waals surface area (Å²) in [6.45, 7) is 7.81. The van der Waals surface area contributed by atoms with Crippen molar-refractivity contribution in [1.82, 2.24) is 14.6 Å². The highest BCUT2D eigenvalue weighted by molar-refractivity contribution is 5.67. The van der Waals surface area contributed by atoms with Gasteiger partial charge in [0.1, 0.15) is 5.82 Å². The first-order valence-corrected chi connectivity index (χ1v) is 8.90. The van der Waals surface area contributed by atoms with Gasteiger partial charge in [0.15, 0.2) is 5.65 Å². The lowest BCUT2D eigenvalue weighted by Gasteiger charge is -2.33. The van der Waals surface area contributed by atoms with Crippen molar-refractivity contribution in [3.63, 3.8) is 0 Å². The van der Waals surface area contributed by atoms with Gasteiger partial charge >= 0.3 is 0 Å². The predicted octanol–water partition coefficient (Wildman–Crippen LogP) is 3.28. The minimum atomic E-state index is -0.275. The molecule has 0 bridgehead atoms. The maximum atomic E-state index is 10.1. The van der Waals surface area contributed by atoms with E-state index in [1.165, 1.54) is 5.56 Å². The molecule has 5 heteroatoms. The zero-order chi connectivity index (χ0) is 17.6. The second-order valence-electron chi connectivity index (χ2n) is 7.06. The molecule has 3 aromatic rings. The largest absolute Gasteiger partial charge is 0.391 e. The van der Waals surface area contributed by atoms with Crippen LogP contribution in [0.5, 0.6) is 0 Å². The van der Waals surface area contributed by atoms with Gasteiger partial charge in [-0.2, -0.15) is 9.61 Å². The van der Waals surface area contributed by atoms with Crippen molar-refractivity contribution in [2.75, 3.05) is 18.0 Å². The molecule has 0 saturated carbocycles. The number of hydrogen-bond acceptors (Lipinski definition) is 4. The number of hydrogen-bond donors (Lipinski definition) is 1. The van der Waals surface area contributed by atoms with E-state index in [9.17, 15) is 5.11 Å². The normalized spacial score (nSPS) is 18.1. The number of aryl methyl sites for hydroxylation is 2. The van der Waals surface area contributed by atoms with E-state index in [0.29, 0.717) is 6.54 Å². The Balaban J connectivity index is 1.88. The fourth-order valence-electron chi connectivity index (χ4n) is 3.65. The van der Waals surface area contributed by atoms with E-state index in [4.69, 9.17) is 10.1 Å². The van der Waals surface area contributed by atoms with Crippen LogP contribution >= 0.6 is 0 Å². The van der Waals surface area contributed by atoms with Gasteiger partial charge in [-0.25, -0.2) is 4.98 Å². The molecule has 1 aromatic carbocycles. The summed E-state index contributed by atoms with van der Waals surface area (Å²) in [7, 11) is 0. The first kappa shape index (κ1) is 16.1. The quantitative estimate of drug-likeness (QED) is 0.780. The van der Waals surface area contributed by atoms with E-state index >= 15 is 0 Å². The van der Waals surface area contributed by atoms with Gasteiger partial charge < -0.3 is 10.0 Å². The molecule has 1 saturated heterocycles. The smallest absolute Gasteiger partial charge is 0.158 e. The van der Waals surface area contributed by atoms with Crippen LogP contribution in [0.4, 0.5) is 5.82 Å². The molecule has 130 valence electrons. The van der Waals surface area contributed by atoms with Crippen LogP contribution in [0.25, 0.3) is 16.9 Å². The molecule has 1 unspecified atom stereocenters. The molecule has 4 rings (SSSR count). The lowest BCUT2D eigenvalue weighted by Crippen LogP contribution is -2.40. The molecule has 1 fully saturated rings. The predicted molar refractivity (Wildman–Crippen MR) is 100 cm³/mol. The fraction of sp³-hybridized carbons (Fsp3) is 0.400. The molecule has 1 N–H and O–H groups in total. The molecule has 2 aromatic heterocycles. The monoisotopic (exact) mass is 336 g/mol. The Hall–Kier alpha value is -2.40. The molecule has 25 heavy (non-hydrogen) atoms. The third-order valence-corrected chi connectivity index (χ3v) is 5.06. The van der Waals surface area contributed by atoms with Crippen LogP contribution in [0.15, 0.2) is 30.3 Å². The highest BCUT2D eigenvalue weighted by atomic mass is 16.3. The third kappa shape index (κ3) is 2.89. The number of benzene rings is 1. The lowest BCUT2D eigenvalue weighted by atomic mass is 10.1. The molecule has 0 radical (unpaired) electrons. The molecule has 1 aliphatic rings. The minimum Gasteiger partial charge on any atom is -0.391 e. The Morgan fingerprint density at radius 1 is 1.16 bits per heavy atom. The van der Waals surface area contributed by atoms with Crippen molar-refractivity contribution in [2.45, 2.75) is 39.7 Å². The van der Waals surface area contributed by atoms with Crippen LogP contribution in [0.1, 0.15) is 29.7 Å². The SMILES string of the molecule is Cc1cccc(-c2cc3nc(C)c(C)c(N4CCCC(O)C4)n3n2)c1. The van der Waals surface area contributed by atoms with Crippen LogP contribution in [-0.4, -0.2) is 38.9 Å². The van der Waals surface area contributed by atoms with Gasteiger partial charge in [0, 0.05) is 36.0 Å². The van der Waals surface area contributed by atoms with Gasteiger partial charge in [-0.05, 0) is 39.7 Å². The second-order valence-corrected chi connectivity index (χ2v) is 7.06. The number of rotatable bonds is 2. The second kappa shape index (κ2) is 6.15. The summed E-state index contributed by atoms with van der Waals surface area (Å²) in [5.41, 5.74) is 6.24. The number of aromatic nitrogens is 3. The van der Waals surface area contributed by atoms with E-state index in [1.807, 2.05) is 17.5 Å². The molecule has 5 nitrogen and oxygen atoms in total. The summed E-state index contributed by atoms with van der Waals surface area (Å²) >= 11 is 0. The first-order chi connectivity index (χ1) is 12.0. The number of fused-ring (bicyclic) bond motifs is 1. The van der Waals surface area contributed by atoms with Crippen LogP contribution in [-0.2, 0) is 0 Å². The number of aliphatic hydroxyl groups is 1. The van der Waals surface area contributed by atoms with Gasteiger partial charge in [0.25, 0.3) is 0 Å². The zero-order valence-corrected chi connectivity index (χ0v) is 15.0. The molecule has 1 atom stereocenters. The van der Waals surface area contributed by atoms with E-state index < -0.39 is 0 Å². The molecule has 0 amide bonds. The van der Waals surface area contributed by atoms with Gasteiger partial charge in [0.2, 0.25) is 0 Å². The fourth-order valence-corrected chi connectivity index (χ4v) is 3.65. The number of aliphatic hydroxyl groups excluding tert-OH is 1. The van der Waals surface area contributed by atoms with Crippen molar-refractivity contribution in [3.8, 4) is 11.3 Å². The number of β-amino-alcohol motifs (C(OH)–C–C–N with tert-alkyl or cyclic N) is 1. The van der Waals surface area contributed by atoms with Crippen molar-refractivity contribution in [1.29, 1.82) is 0 Å². The number of piperidine rings is 1. The van der Waals surface area contributed by atoms with Crippen LogP contribution in [0, 0.1) is 20.8 Å². The van der Waals surface area contributed by atoms with E-state index in [-0.39, 0.29) is 6.10 Å². The maximum absolute atomic E-state index is 10.1. The van der Waals surface area contributed by atoms with Crippen LogP contribution < -0.4 is 4.90 Å². The van der Waals surface area contributed by atoms with Crippen molar-refractivity contribution < 1.29 is 5.11 Å². The Morgan fingerprint density at radius 3 is 2.76 bits per heavy atom. The summed E-state index contributed by atoms with van der Waals surface area (Å²) in [6.07, 6.45) is 1.59. The Bertz CT molecular complexity index is 931. The topological polar surface area (TPSA) is 53.7 Å². The molecule has 1 aliphatic heterocycles. The first-order valence-electron chi connectivity index (χ1n) is 8.90. The molecule has 0 spiro atoms. The highest BCUT2D eigenvalue weighted by Gasteiger charge is 2.23. The number of nitrogens with zero attached hydrogens (tertiary/aromatic N) is 4. The Labute approximate surface area is 147 Å². The Kier molecular flexibility index (Phi) is 3.96. The zero-order valence-electron chi connectivity index (χ0n) is 15.0. The summed E-state index contributed by atoms with van der Waals surface area (Å²) in [5.74, 6) is 1.06. The molecular formula is C20H24N4O. The van der Waals surface area contributed by atoms with Gasteiger partial charge in [-0.1, -0.05) is 23.8 Å². The van der Waals surface area contributed by atoms with Crippen molar-refractivity contribution in [3.05, 3.63) is 47.2 Å². The Morgan fingerprint density at radius 2 is 2.00 bits per heavy atom. The van der Waals surface area contributed by atoms with Crippen LogP contribution in [0.3, 0.4) is 0 Å². The number of anilines is 1. The summed E-state index contributed by atoms with van der Waals surface area (Å²) in [5, 5.41) is 15.0. The standard InChI is InChI=1S/C20H24N4O/c1-13-6-4-7-16(10-13)18-11-19-21-15(3)14(2)20(24(19)22-18)23-9-5-8-17(25)12-23/h4,6-7,10-11,17,25H,5,8-9,12H2,1-3H3. The van der Waals surface area contributed by atoms with Gasteiger partial charge in [-0.15, -0.1) is 0 Å². The lowest BCUT2D eigenvalue weighted by molar-refractivity contribution is 0.153. The van der Waals surface area contributed by atoms with Crippen LogP contribution in [0.2, 0.25) is 0 Å². The average molecular weight is 336 g/mol. The minimum absolute atomic E-state index is 0.275. The molecule has 3 heterocycles. The van der Waals surface area contributed by atoms with E-state index in [0.717, 1.165) is 53.4 Å². The third-order valence-electron chi connectivity index (χ3n) is 5.06. The highest BCUT2D eigenvalue weighted by Crippen LogP contribution is 2.29. The molecule has 0 aliphatic carbocycles. The summed E-state index contributed by atoms with van der Waals surface area (Å²) in [4.78, 5) is 6.98. The maximum Gasteiger partial charge on any atom is 0.158 e. The van der Waals surface area contributed by atoms with Gasteiger partial charge in [-0.3, -0.25) is 0 Å². The van der Waals surface area contributed by atoms with Gasteiger partial charge in [0.05, 0.1) is 11.8 Å². The average Bonchev–Trinajstić information content (AvgIpc) is 2.99. The molecular weight excluding hydrogens is 312 g/mol. The van der Waals surface area contributed by atoms with Crippen molar-refractivity contribution >= 4 is 11.5 Å². The van der Waals surface area contributed by atoms with E-state index in [2.05, 4.69) is 43.0 Å². The van der Waals surface area contributed by atoms with E-state index in [1.54, 1.807) is 0 Å².